The number of halogens is 2. The molecule has 0 saturated heterocycles. The molecule has 0 aromatic heterocycles. The predicted octanol–water partition coefficient (Wildman–Crippen LogP) is 2.16. The maximum Gasteiger partial charge on any atom is 0.408 e. The van der Waals surface area contributed by atoms with Crippen molar-refractivity contribution in [3.8, 4) is 0 Å². The molecule has 0 bridgehead atoms. The summed E-state index contributed by atoms with van der Waals surface area (Å²) in [5.74, 6) is -1.38. The van der Waals surface area contributed by atoms with Crippen LogP contribution >= 0.6 is 11.6 Å². The van der Waals surface area contributed by atoms with Gasteiger partial charge >= 0.3 is 12.1 Å². The number of anilines is 1. The first-order valence-corrected chi connectivity index (χ1v) is 7.22. The molecule has 0 saturated carbocycles. The number of urea groups is 1. The number of hydrazine groups is 1. The first-order chi connectivity index (χ1) is 11.1. The highest BCUT2D eigenvalue weighted by atomic mass is 35.5. The molecule has 1 aromatic carbocycles. The number of carbonyl (C=O) groups is 3. The van der Waals surface area contributed by atoms with Gasteiger partial charge in [0.25, 0.3) is 5.91 Å². The van der Waals surface area contributed by atoms with Gasteiger partial charge in [0.2, 0.25) is 0 Å². The van der Waals surface area contributed by atoms with Crippen LogP contribution in [-0.2, 0) is 9.53 Å². The van der Waals surface area contributed by atoms with Gasteiger partial charge in [0.15, 0.2) is 0 Å². The van der Waals surface area contributed by atoms with Gasteiger partial charge in [-0.1, -0.05) is 11.6 Å². The Morgan fingerprint density at radius 1 is 1.21 bits per heavy atom. The molecule has 132 valence electrons. The molecule has 4 N–H and O–H groups in total. The molecular formula is C14H18ClFN4O4. The molecule has 0 spiro atoms. The molecule has 0 radical (unpaired) electrons. The molecule has 0 fully saturated rings. The van der Waals surface area contributed by atoms with Crippen molar-refractivity contribution in [1.82, 2.24) is 16.2 Å². The van der Waals surface area contributed by atoms with E-state index in [0.29, 0.717) is 0 Å². The van der Waals surface area contributed by atoms with Crippen molar-refractivity contribution < 1.29 is 23.5 Å². The molecule has 4 amide bonds. The first-order valence-electron chi connectivity index (χ1n) is 6.84. The lowest BCUT2D eigenvalue weighted by molar-refractivity contribution is -0.120. The highest BCUT2D eigenvalue weighted by Crippen LogP contribution is 2.18. The summed E-state index contributed by atoms with van der Waals surface area (Å²) in [7, 11) is 0. The number of amides is 4. The number of rotatable bonds is 3. The van der Waals surface area contributed by atoms with Crippen molar-refractivity contribution in [2.45, 2.75) is 26.4 Å². The maximum atomic E-state index is 13.2. The predicted molar refractivity (Wildman–Crippen MR) is 85.9 cm³/mol. The number of hydrogen-bond acceptors (Lipinski definition) is 4. The van der Waals surface area contributed by atoms with Crippen molar-refractivity contribution >= 4 is 35.3 Å². The minimum Gasteiger partial charge on any atom is -0.444 e. The lowest BCUT2D eigenvalue weighted by Crippen LogP contribution is -2.48. The number of nitrogens with one attached hydrogen (secondary N) is 4. The topological polar surface area (TPSA) is 109 Å². The van der Waals surface area contributed by atoms with Crippen molar-refractivity contribution in [3.63, 3.8) is 0 Å². The fourth-order valence-electron chi connectivity index (χ4n) is 1.37. The average molecular weight is 361 g/mol. The standard InChI is InChI=1S/C14H18ClFN4O4/c1-14(2,3)24-13(23)17-7-11(21)19-20-12(22)18-8-4-5-9(15)10(16)6-8/h4-6H,7H2,1-3H3,(H,17,23)(H,19,21)(H2,18,20,22). The molecular weight excluding hydrogens is 343 g/mol. The zero-order valence-corrected chi connectivity index (χ0v) is 14.1. The molecule has 1 aromatic rings. The van der Waals surface area contributed by atoms with E-state index in [1.165, 1.54) is 12.1 Å². The van der Waals surface area contributed by atoms with E-state index in [1.807, 2.05) is 5.43 Å². The minimum absolute atomic E-state index is 0.0810. The fraction of sp³-hybridized carbons (Fsp3) is 0.357. The zero-order valence-electron chi connectivity index (χ0n) is 13.3. The highest BCUT2D eigenvalue weighted by molar-refractivity contribution is 6.30. The Balaban J connectivity index is 2.32. The van der Waals surface area contributed by atoms with Crippen LogP contribution in [0, 0.1) is 5.82 Å². The molecule has 24 heavy (non-hydrogen) atoms. The van der Waals surface area contributed by atoms with E-state index >= 15 is 0 Å². The number of benzene rings is 1. The first kappa shape index (κ1) is 19.5. The normalized spacial score (nSPS) is 10.5. The molecule has 0 unspecified atom stereocenters. The lowest BCUT2D eigenvalue weighted by atomic mass is 10.2. The van der Waals surface area contributed by atoms with Crippen LogP contribution in [0.3, 0.4) is 0 Å². The Kier molecular flexibility index (Phi) is 6.78. The molecule has 1 rings (SSSR count). The Morgan fingerprint density at radius 2 is 1.88 bits per heavy atom. The van der Waals surface area contributed by atoms with E-state index in [1.54, 1.807) is 20.8 Å². The fourth-order valence-corrected chi connectivity index (χ4v) is 1.49. The summed E-state index contributed by atoms with van der Waals surface area (Å²) in [6.45, 7) is 4.64. The van der Waals surface area contributed by atoms with Crippen molar-refractivity contribution in [2.24, 2.45) is 0 Å². The highest BCUT2D eigenvalue weighted by Gasteiger charge is 2.16. The number of ether oxygens (including phenoxy) is 1. The third-order valence-corrected chi connectivity index (χ3v) is 2.59. The molecule has 0 atom stereocenters. The van der Waals surface area contributed by atoms with Gasteiger partial charge in [-0.05, 0) is 39.0 Å². The number of hydrogen-bond donors (Lipinski definition) is 4. The third-order valence-electron chi connectivity index (χ3n) is 2.29. The van der Waals surface area contributed by atoms with E-state index in [0.717, 1.165) is 6.07 Å². The summed E-state index contributed by atoms with van der Waals surface area (Å²) in [5, 5.41) is 4.42. The summed E-state index contributed by atoms with van der Waals surface area (Å²) < 4.78 is 18.1. The smallest absolute Gasteiger partial charge is 0.408 e. The number of carbonyl (C=O) groups excluding carboxylic acids is 3. The van der Waals surface area contributed by atoms with Crippen LogP contribution in [0.25, 0.3) is 0 Å². The second-order valence-electron chi connectivity index (χ2n) is 5.61. The maximum absolute atomic E-state index is 13.2. The van der Waals surface area contributed by atoms with Gasteiger partial charge in [0.05, 0.1) is 5.02 Å². The van der Waals surface area contributed by atoms with Gasteiger partial charge in [-0.2, -0.15) is 0 Å². The van der Waals surface area contributed by atoms with Crippen molar-refractivity contribution in [2.75, 3.05) is 11.9 Å². The Morgan fingerprint density at radius 3 is 2.46 bits per heavy atom. The molecule has 0 aliphatic rings. The monoisotopic (exact) mass is 360 g/mol. The van der Waals surface area contributed by atoms with E-state index in [-0.39, 0.29) is 10.7 Å². The molecule has 0 heterocycles. The van der Waals surface area contributed by atoms with Crippen LogP contribution in [0.15, 0.2) is 18.2 Å². The Labute approximate surface area is 143 Å². The van der Waals surface area contributed by atoms with Crippen LogP contribution in [-0.4, -0.2) is 30.2 Å². The minimum atomic E-state index is -0.803. The SMILES string of the molecule is CC(C)(C)OC(=O)NCC(=O)NNC(=O)Nc1ccc(Cl)c(F)c1. The summed E-state index contributed by atoms with van der Waals surface area (Å²) in [5.41, 5.74) is 3.56. The van der Waals surface area contributed by atoms with E-state index < -0.39 is 36.0 Å². The van der Waals surface area contributed by atoms with Gasteiger partial charge in [0, 0.05) is 5.69 Å². The van der Waals surface area contributed by atoms with Crippen LogP contribution in [0.2, 0.25) is 5.02 Å². The quantitative estimate of drug-likeness (QED) is 0.619. The van der Waals surface area contributed by atoms with Gasteiger partial charge in [-0.25, -0.2) is 19.4 Å². The van der Waals surface area contributed by atoms with Gasteiger partial charge in [0.1, 0.15) is 18.0 Å². The van der Waals surface area contributed by atoms with Crippen molar-refractivity contribution in [3.05, 3.63) is 29.0 Å². The van der Waals surface area contributed by atoms with Crippen LogP contribution in [0.5, 0.6) is 0 Å². The summed E-state index contributed by atoms with van der Waals surface area (Å²) in [4.78, 5) is 34.3. The second kappa shape index (κ2) is 8.34. The van der Waals surface area contributed by atoms with E-state index in [4.69, 9.17) is 16.3 Å². The van der Waals surface area contributed by atoms with Crippen LogP contribution in [0.4, 0.5) is 19.7 Å². The lowest BCUT2D eigenvalue weighted by Gasteiger charge is -2.19. The zero-order chi connectivity index (χ0) is 18.3. The summed E-state index contributed by atoms with van der Waals surface area (Å²) in [6.07, 6.45) is -0.765. The third kappa shape index (κ3) is 7.63. The average Bonchev–Trinajstić information content (AvgIpc) is 2.45. The van der Waals surface area contributed by atoms with Crippen molar-refractivity contribution in [1.29, 1.82) is 0 Å². The second-order valence-corrected chi connectivity index (χ2v) is 6.02. The Bertz CT molecular complexity index is 634. The Hall–Kier alpha value is -2.55. The summed E-state index contributed by atoms with van der Waals surface area (Å²) in [6, 6.07) is 2.88. The number of alkyl carbamates (subject to hydrolysis) is 1. The van der Waals surface area contributed by atoms with Crippen LogP contribution in [0.1, 0.15) is 20.8 Å². The summed E-state index contributed by atoms with van der Waals surface area (Å²) >= 11 is 5.52. The molecule has 8 nitrogen and oxygen atoms in total. The molecule has 0 aliphatic carbocycles. The molecule has 0 aliphatic heterocycles. The van der Waals surface area contributed by atoms with E-state index in [2.05, 4.69) is 16.1 Å². The largest absolute Gasteiger partial charge is 0.444 e. The molecule has 10 heteroatoms. The van der Waals surface area contributed by atoms with E-state index in [9.17, 15) is 18.8 Å². The van der Waals surface area contributed by atoms with Gasteiger partial charge in [-0.15, -0.1) is 0 Å². The van der Waals surface area contributed by atoms with Crippen LogP contribution < -0.4 is 21.5 Å². The van der Waals surface area contributed by atoms with Gasteiger partial charge < -0.3 is 15.4 Å². The van der Waals surface area contributed by atoms with Gasteiger partial charge in [-0.3, -0.25) is 10.2 Å².